The van der Waals surface area contributed by atoms with Crippen LogP contribution in [-0.4, -0.2) is 24.1 Å². The highest BCUT2D eigenvalue weighted by molar-refractivity contribution is 6.24. The maximum absolute atomic E-state index is 6.75. The summed E-state index contributed by atoms with van der Waals surface area (Å²) in [5.41, 5.74) is 12.3. The highest BCUT2D eigenvalue weighted by atomic mass is 16.3. The third-order valence-corrected chi connectivity index (χ3v) is 13.1. The van der Waals surface area contributed by atoms with Crippen LogP contribution in [0.25, 0.3) is 122 Å². The summed E-state index contributed by atoms with van der Waals surface area (Å²) < 4.78 is 11.5. The van der Waals surface area contributed by atoms with E-state index in [0.29, 0.717) is 17.6 Å². The Morgan fingerprint density at radius 2 is 1.00 bits per heavy atom. The third-order valence-electron chi connectivity index (χ3n) is 13.1. The second kappa shape index (κ2) is 14.1. The van der Waals surface area contributed by atoms with Gasteiger partial charge in [0.2, 0.25) is 5.95 Å². The first kappa shape index (κ1) is 37.2. The summed E-state index contributed by atoms with van der Waals surface area (Å²) in [6, 6.07) is 68.9. The van der Waals surface area contributed by atoms with Crippen molar-refractivity contribution < 1.29 is 4.42 Å². The fraction of sp³-hybridized carbons (Fsp3) is 0.0678. The molecule has 0 saturated heterocycles. The van der Waals surface area contributed by atoms with E-state index in [2.05, 4.69) is 200 Å². The molecule has 4 aromatic heterocycles. The van der Waals surface area contributed by atoms with E-state index in [9.17, 15) is 0 Å². The number of hydrogen-bond acceptors (Lipinski definition) is 4. The van der Waals surface area contributed by atoms with E-state index in [0.717, 1.165) is 104 Å². The number of fused-ring (bicyclic) bond motifs is 11. The normalized spacial score (nSPS) is 12.2. The molecule has 0 atom stereocenters. The molecule has 65 heavy (non-hydrogen) atoms. The summed E-state index contributed by atoms with van der Waals surface area (Å²) in [5.74, 6) is 1.77. The van der Waals surface area contributed by atoms with Gasteiger partial charge in [0.1, 0.15) is 11.2 Å². The van der Waals surface area contributed by atoms with Gasteiger partial charge < -0.3 is 8.98 Å². The van der Waals surface area contributed by atoms with Crippen molar-refractivity contribution >= 4 is 76.3 Å². The Hall–Kier alpha value is -8.35. The lowest BCUT2D eigenvalue weighted by Gasteiger charge is -2.19. The minimum Gasteiger partial charge on any atom is -0.455 e. The van der Waals surface area contributed by atoms with Crippen LogP contribution in [0.1, 0.15) is 26.3 Å². The molecule has 0 amide bonds. The summed E-state index contributed by atoms with van der Waals surface area (Å²) >= 11 is 0. The molecule has 6 heteroatoms. The summed E-state index contributed by atoms with van der Waals surface area (Å²) in [6.45, 7) is 6.77. The van der Waals surface area contributed by atoms with Gasteiger partial charge in [-0.25, -0.2) is 4.98 Å². The molecule has 0 unspecified atom stereocenters. The number of para-hydroxylation sites is 3. The molecule has 0 aliphatic heterocycles. The molecule has 9 aromatic carbocycles. The molecule has 6 nitrogen and oxygen atoms in total. The Bertz CT molecular complexity index is 4040. The SMILES string of the molecule is CC(C)(C)c1ccc(-c2cc(-n3c4ccccc4c4ccc5c6ccccc6n(-c6nc(-c7ccccc7)nc(-c7ccc8ccccc8c7)n6)c5c43)cc3c2oc2ccccc23)cc1. The van der Waals surface area contributed by atoms with E-state index >= 15 is 0 Å². The lowest BCUT2D eigenvalue weighted by atomic mass is 9.86. The Labute approximate surface area is 374 Å². The molecule has 13 rings (SSSR count). The van der Waals surface area contributed by atoms with Gasteiger partial charge in [0.15, 0.2) is 11.6 Å². The fourth-order valence-electron chi connectivity index (χ4n) is 9.92. The molecule has 0 fully saturated rings. The summed E-state index contributed by atoms with van der Waals surface area (Å²) in [5, 5.41) is 8.96. The predicted octanol–water partition coefficient (Wildman–Crippen LogP) is 15.4. The average Bonchev–Trinajstić information content (AvgIpc) is 4.01. The van der Waals surface area contributed by atoms with Gasteiger partial charge in [-0.2, -0.15) is 9.97 Å². The zero-order valence-electron chi connectivity index (χ0n) is 36.1. The van der Waals surface area contributed by atoms with Crippen molar-refractivity contribution in [3.8, 4) is 45.5 Å². The van der Waals surface area contributed by atoms with Gasteiger partial charge in [0, 0.05) is 54.7 Å². The minimum atomic E-state index is 0.0263. The molecule has 4 heterocycles. The second-order valence-electron chi connectivity index (χ2n) is 18.1. The van der Waals surface area contributed by atoms with Gasteiger partial charge in [-0.3, -0.25) is 4.57 Å². The fourth-order valence-corrected chi connectivity index (χ4v) is 9.92. The predicted molar refractivity (Wildman–Crippen MR) is 268 cm³/mol. The number of rotatable bonds is 5. The lowest BCUT2D eigenvalue weighted by Crippen LogP contribution is -2.10. The van der Waals surface area contributed by atoms with Crippen LogP contribution < -0.4 is 0 Å². The second-order valence-corrected chi connectivity index (χ2v) is 18.1. The topological polar surface area (TPSA) is 61.7 Å². The van der Waals surface area contributed by atoms with Gasteiger partial charge in [-0.1, -0.05) is 178 Å². The average molecular weight is 836 g/mol. The van der Waals surface area contributed by atoms with Gasteiger partial charge >= 0.3 is 0 Å². The number of hydrogen-bond donors (Lipinski definition) is 0. The van der Waals surface area contributed by atoms with E-state index in [1.165, 1.54) is 5.56 Å². The van der Waals surface area contributed by atoms with Crippen LogP contribution in [-0.2, 0) is 5.41 Å². The number of nitrogens with zero attached hydrogens (tertiary/aromatic N) is 5. The minimum absolute atomic E-state index is 0.0263. The molecule has 0 aliphatic rings. The van der Waals surface area contributed by atoms with Gasteiger partial charge in [0.05, 0.1) is 22.1 Å². The molecule has 0 bridgehead atoms. The van der Waals surface area contributed by atoms with Crippen LogP contribution in [0.5, 0.6) is 0 Å². The van der Waals surface area contributed by atoms with E-state index in [1.807, 2.05) is 24.3 Å². The zero-order valence-corrected chi connectivity index (χ0v) is 36.1. The molecular formula is C59H41N5O. The Morgan fingerprint density at radius 3 is 1.72 bits per heavy atom. The molecule has 0 saturated carbocycles. The van der Waals surface area contributed by atoms with E-state index in [1.54, 1.807) is 0 Å². The lowest BCUT2D eigenvalue weighted by molar-refractivity contribution is 0.590. The number of furan rings is 1. The highest BCUT2D eigenvalue weighted by Gasteiger charge is 2.25. The summed E-state index contributed by atoms with van der Waals surface area (Å²) in [4.78, 5) is 15.9. The van der Waals surface area contributed by atoms with Crippen LogP contribution in [0.4, 0.5) is 0 Å². The standard InChI is InChI=1S/C59H41N5O/c1-59(2,3)41-29-27-37(28-30-41)48-34-42(35-49-45-21-11-14-24-52(45)65-55(48)49)63-50-22-12-9-19-43(50)46-31-32-47-44-20-10-13-23-51(44)64(54(47)53(46)63)58-61-56(38-16-5-4-6-17-38)60-57(62-58)40-26-25-36-15-7-8-18-39(36)33-40/h4-35H,1-3H3. The van der Waals surface area contributed by atoms with Crippen LogP contribution in [0.2, 0.25) is 0 Å². The van der Waals surface area contributed by atoms with Gasteiger partial charge in [-0.05, 0) is 63.7 Å². The summed E-state index contributed by atoms with van der Waals surface area (Å²) in [7, 11) is 0. The Morgan fingerprint density at radius 1 is 0.415 bits per heavy atom. The maximum Gasteiger partial charge on any atom is 0.238 e. The molecule has 0 spiro atoms. The molecule has 0 radical (unpaired) electrons. The van der Waals surface area contributed by atoms with Crippen LogP contribution in [0.15, 0.2) is 199 Å². The van der Waals surface area contributed by atoms with Crippen LogP contribution >= 0.6 is 0 Å². The van der Waals surface area contributed by atoms with Crippen molar-refractivity contribution in [2.75, 3.05) is 0 Å². The number of benzene rings is 9. The first-order chi connectivity index (χ1) is 31.9. The maximum atomic E-state index is 6.75. The first-order valence-corrected chi connectivity index (χ1v) is 22.2. The Kier molecular flexibility index (Phi) is 8.06. The first-order valence-electron chi connectivity index (χ1n) is 22.2. The summed E-state index contributed by atoms with van der Waals surface area (Å²) in [6.07, 6.45) is 0. The smallest absolute Gasteiger partial charge is 0.238 e. The highest BCUT2D eigenvalue weighted by Crippen LogP contribution is 2.44. The largest absolute Gasteiger partial charge is 0.455 e. The zero-order chi connectivity index (χ0) is 43.4. The van der Waals surface area contributed by atoms with Gasteiger partial charge in [0.25, 0.3) is 0 Å². The quantitative estimate of drug-likeness (QED) is 0.173. The van der Waals surface area contributed by atoms with Crippen molar-refractivity contribution in [3.63, 3.8) is 0 Å². The van der Waals surface area contributed by atoms with E-state index < -0.39 is 0 Å². The molecule has 0 N–H and O–H groups in total. The third kappa shape index (κ3) is 5.84. The number of aromatic nitrogens is 5. The molecule has 13 aromatic rings. The molecular weight excluding hydrogens is 795 g/mol. The molecule has 0 aliphatic carbocycles. The van der Waals surface area contributed by atoms with Gasteiger partial charge in [-0.15, -0.1) is 0 Å². The van der Waals surface area contributed by atoms with E-state index in [4.69, 9.17) is 19.4 Å². The van der Waals surface area contributed by atoms with Crippen molar-refractivity contribution in [2.45, 2.75) is 26.2 Å². The van der Waals surface area contributed by atoms with Crippen molar-refractivity contribution in [1.29, 1.82) is 0 Å². The monoisotopic (exact) mass is 835 g/mol. The van der Waals surface area contributed by atoms with E-state index in [-0.39, 0.29) is 5.41 Å². The molecule has 308 valence electrons. The van der Waals surface area contributed by atoms with Crippen molar-refractivity contribution in [1.82, 2.24) is 24.1 Å². The van der Waals surface area contributed by atoms with Crippen molar-refractivity contribution in [3.05, 3.63) is 200 Å². The Balaban J connectivity index is 1.15. The van der Waals surface area contributed by atoms with Crippen LogP contribution in [0.3, 0.4) is 0 Å². The van der Waals surface area contributed by atoms with Crippen LogP contribution in [0, 0.1) is 0 Å². The van der Waals surface area contributed by atoms with Crippen molar-refractivity contribution in [2.24, 2.45) is 0 Å².